The molecular formula is C15H13ClFNO3. The summed E-state index contributed by atoms with van der Waals surface area (Å²) >= 11 is 5.73. The summed E-state index contributed by atoms with van der Waals surface area (Å²) in [5.41, 5.74) is -0.617. The Kier molecular flexibility index (Phi) is 4.14. The fourth-order valence-corrected chi connectivity index (χ4v) is 2.12. The molecule has 0 fully saturated rings. The lowest BCUT2D eigenvalue weighted by atomic mass is 9.97. The number of halogens is 2. The zero-order valence-electron chi connectivity index (χ0n) is 11.5. The average molecular weight is 310 g/mol. The van der Waals surface area contributed by atoms with Crippen molar-refractivity contribution in [3.8, 4) is 5.75 Å². The van der Waals surface area contributed by atoms with Crippen molar-refractivity contribution in [2.75, 3.05) is 0 Å². The van der Waals surface area contributed by atoms with E-state index in [1.54, 1.807) is 26.0 Å². The van der Waals surface area contributed by atoms with Crippen LogP contribution in [0.5, 0.6) is 5.75 Å². The summed E-state index contributed by atoms with van der Waals surface area (Å²) in [6.45, 7) is 3.42. The molecule has 0 heterocycles. The summed E-state index contributed by atoms with van der Waals surface area (Å²) in [6.07, 6.45) is 0. The van der Waals surface area contributed by atoms with Crippen LogP contribution < -0.4 is 4.74 Å². The highest BCUT2D eigenvalue weighted by Crippen LogP contribution is 2.31. The molecule has 4 nitrogen and oxygen atoms in total. The van der Waals surface area contributed by atoms with Crippen LogP contribution in [0, 0.1) is 15.9 Å². The SMILES string of the molecule is CC(C)(Oc1ccc([N+](=O)[O-])cc1)c1ccc(Cl)cc1F. The second-order valence-electron chi connectivity index (χ2n) is 4.99. The molecule has 110 valence electrons. The van der Waals surface area contributed by atoms with Crippen molar-refractivity contribution < 1.29 is 14.1 Å². The van der Waals surface area contributed by atoms with Crippen LogP contribution in [0.15, 0.2) is 42.5 Å². The molecule has 0 spiro atoms. The molecule has 0 N–H and O–H groups in total. The van der Waals surface area contributed by atoms with Crippen molar-refractivity contribution in [2.45, 2.75) is 19.4 Å². The number of nitro benzene ring substituents is 1. The summed E-state index contributed by atoms with van der Waals surface area (Å²) in [6, 6.07) is 10.00. The van der Waals surface area contributed by atoms with Gasteiger partial charge in [-0.3, -0.25) is 10.1 Å². The van der Waals surface area contributed by atoms with Crippen LogP contribution >= 0.6 is 11.6 Å². The molecule has 2 aromatic rings. The van der Waals surface area contributed by atoms with Crippen LogP contribution in [0.3, 0.4) is 0 Å². The monoisotopic (exact) mass is 309 g/mol. The fraction of sp³-hybridized carbons (Fsp3) is 0.200. The van der Waals surface area contributed by atoms with Gasteiger partial charge < -0.3 is 4.74 Å². The van der Waals surface area contributed by atoms with Crippen LogP contribution in [-0.2, 0) is 5.60 Å². The molecule has 0 amide bonds. The second-order valence-corrected chi connectivity index (χ2v) is 5.42. The average Bonchev–Trinajstić information content (AvgIpc) is 2.38. The normalized spacial score (nSPS) is 11.2. The Morgan fingerprint density at radius 3 is 2.33 bits per heavy atom. The molecule has 0 bridgehead atoms. The van der Waals surface area contributed by atoms with Crippen molar-refractivity contribution in [3.63, 3.8) is 0 Å². The topological polar surface area (TPSA) is 52.4 Å². The first-order chi connectivity index (χ1) is 9.79. The van der Waals surface area contributed by atoms with Gasteiger partial charge in [-0.2, -0.15) is 0 Å². The van der Waals surface area contributed by atoms with Gasteiger partial charge in [0.1, 0.15) is 17.2 Å². The predicted octanol–water partition coefficient (Wildman–Crippen LogP) is 4.70. The Labute approximate surface area is 126 Å². The van der Waals surface area contributed by atoms with Gasteiger partial charge in [0.25, 0.3) is 5.69 Å². The molecule has 0 atom stereocenters. The third kappa shape index (κ3) is 3.49. The maximum atomic E-state index is 14.0. The lowest BCUT2D eigenvalue weighted by molar-refractivity contribution is -0.384. The molecule has 0 saturated carbocycles. The molecule has 0 aliphatic heterocycles. The quantitative estimate of drug-likeness (QED) is 0.607. The third-order valence-electron chi connectivity index (χ3n) is 3.00. The van der Waals surface area contributed by atoms with Crippen molar-refractivity contribution in [1.82, 2.24) is 0 Å². The van der Waals surface area contributed by atoms with Gasteiger partial charge in [-0.05, 0) is 38.1 Å². The first-order valence-electron chi connectivity index (χ1n) is 6.18. The summed E-state index contributed by atoms with van der Waals surface area (Å²) in [5, 5.41) is 10.9. The fourth-order valence-electron chi connectivity index (χ4n) is 1.96. The first-order valence-corrected chi connectivity index (χ1v) is 6.56. The minimum Gasteiger partial charge on any atom is -0.483 e. The maximum Gasteiger partial charge on any atom is 0.269 e. The molecule has 0 saturated heterocycles. The molecule has 6 heteroatoms. The molecule has 2 aromatic carbocycles. The van der Waals surface area contributed by atoms with Gasteiger partial charge in [-0.15, -0.1) is 0 Å². The highest BCUT2D eigenvalue weighted by atomic mass is 35.5. The van der Waals surface area contributed by atoms with Gasteiger partial charge in [0, 0.05) is 22.7 Å². The van der Waals surface area contributed by atoms with E-state index in [0.29, 0.717) is 16.3 Å². The predicted molar refractivity (Wildman–Crippen MR) is 78.2 cm³/mol. The van der Waals surface area contributed by atoms with Gasteiger partial charge in [-0.1, -0.05) is 17.7 Å². The zero-order valence-corrected chi connectivity index (χ0v) is 12.2. The summed E-state index contributed by atoms with van der Waals surface area (Å²) in [5.74, 6) is -0.0469. The number of benzene rings is 2. The second kappa shape index (κ2) is 5.69. The number of hydrogen-bond acceptors (Lipinski definition) is 3. The number of ether oxygens (including phenoxy) is 1. The molecule has 0 aromatic heterocycles. The van der Waals surface area contributed by atoms with Gasteiger partial charge in [0.2, 0.25) is 0 Å². The lowest BCUT2D eigenvalue weighted by Crippen LogP contribution is -2.26. The molecule has 0 aliphatic carbocycles. The van der Waals surface area contributed by atoms with E-state index in [1.165, 1.54) is 30.3 Å². The Bertz CT molecular complexity index is 671. The van der Waals surface area contributed by atoms with E-state index in [4.69, 9.17) is 16.3 Å². The van der Waals surface area contributed by atoms with Gasteiger partial charge in [0.15, 0.2) is 0 Å². The maximum absolute atomic E-state index is 14.0. The van der Waals surface area contributed by atoms with Crippen molar-refractivity contribution >= 4 is 17.3 Å². The van der Waals surface area contributed by atoms with Crippen LogP contribution in [0.4, 0.5) is 10.1 Å². The van der Waals surface area contributed by atoms with Crippen molar-refractivity contribution in [3.05, 3.63) is 69.0 Å². The number of rotatable bonds is 4. The van der Waals surface area contributed by atoms with E-state index in [9.17, 15) is 14.5 Å². The van der Waals surface area contributed by atoms with Gasteiger partial charge >= 0.3 is 0 Å². The van der Waals surface area contributed by atoms with Crippen LogP contribution in [0.25, 0.3) is 0 Å². The molecule has 0 aliphatic rings. The molecule has 0 radical (unpaired) electrons. The summed E-state index contributed by atoms with van der Waals surface area (Å²) < 4.78 is 19.7. The number of nitrogens with zero attached hydrogens (tertiary/aromatic N) is 1. The largest absolute Gasteiger partial charge is 0.483 e. The molecule has 2 rings (SSSR count). The van der Waals surface area contributed by atoms with E-state index in [1.807, 2.05) is 0 Å². The Morgan fingerprint density at radius 1 is 1.19 bits per heavy atom. The molecular weight excluding hydrogens is 297 g/mol. The van der Waals surface area contributed by atoms with E-state index in [0.717, 1.165) is 0 Å². The zero-order chi connectivity index (χ0) is 15.6. The van der Waals surface area contributed by atoms with Gasteiger partial charge in [0.05, 0.1) is 4.92 Å². The lowest BCUT2D eigenvalue weighted by Gasteiger charge is -2.27. The molecule has 21 heavy (non-hydrogen) atoms. The standard InChI is InChI=1S/C15H13ClFNO3/c1-15(2,13-8-3-10(16)9-14(13)17)21-12-6-4-11(5-7-12)18(19)20/h3-9H,1-2H3. The summed E-state index contributed by atoms with van der Waals surface area (Å²) in [4.78, 5) is 10.1. The summed E-state index contributed by atoms with van der Waals surface area (Å²) in [7, 11) is 0. The van der Waals surface area contributed by atoms with E-state index in [2.05, 4.69) is 0 Å². The number of hydrogen-bond donors (Lipinski definition) is 0. The highest BCUT2D eigenvalue weighted by Gasteiger charge is 2.26. The van der Waals surface area contributed by atoms with E-state index < -0.39 is 16.3 Å². The molecule has 0 unspecified atom stereocenters. The minimum absolute atomic E-state index is 0.0298. The highest BCUT2D eigenvalue weighted by molar-refractivity contribution is 6.30. The van der Waals surface area contributed by atoms with Crippen LogP contribution in [-0.4, -0.2) is 4.92 Å². The third-order valence-corrected chi connectivity index (χ3v) is 3.24. The van der Waals surface area contributed by atoms with Crippen LogP contribution in [0.2, 0.25) is 5.02 Å². The number of nitro groups is 1. The smallest absolute Gasteiger partial charge is 0.269 e. The van der Waals surface area contributed by atoms with Gasteiger partial charge in [-0.25, -0.2) is 4.39 Å². The Hall–Kier alpha value is -2.14. The first kappa shape index (κ1) is 15.3. The van der Waals surface area contributed by atoms with Crippen molar-refractivity contribution in [1.29, 1.82) is 0 Å². The van der Waals surface area contributed by atoms with Crippen molar-refractivity contribution in [2.24, 2.45) is 0 Å². The van der Waals surface area contributed by atoms with E-state index in [-0.39, 0.29) is 5.69 Å². The van der Waals surface area contributed by atoms with E-state index >= 15 is 0 Å². The van der Waals surface area contributed by atoms with Crippen LogP contribution in [0.1, 0.15) is 19.4 Å². The number of non-ortho nitro benzene ring substituents is 1. The Balaban J connectivity index is 2.25. The Morgan fingerprint density at radius 2 is 1.81 bits per heavy atom. The minimum atomic E-state index is -0.940.